The maximum Gasteiger partial charge on any atom is 0.338 e. The van der Waals surface area contributed by atoms with Crippen LogP contribution in [0, 0.1) is 6.92 Å². The summed E-state index contributed by atoms with van der Waals surface area (Å²) < 4.78 is 17.2. The van der Waals surface area contributed by atoms with Crippen LogP contribution in [0.2, 0.25) is 0 Å². The number of carbonyl (C=O) groups is 1. The summed E-state index contributed by atoms with van der Waals surface area (Å²) in [6, 6.07) is 19.6. The Balaban J connectivity index is 1.22. The molecule has 0 saturated heterocycles. The van der Waals surface area contributed by atoms with Crippen LogP contribution in [-0.2, 0) is 4.74 Å². The highest BCUT2D eigenvalue weighted by Crippen LogP contribution is 2.27. The van der Waals surface area contributed by atoms with Gasteiger partial charge in [-0.15, -0.1) is 0 Å². The van der Waals surface area contributed by atoms with Crippen molar-refractivity contribution >= 4 is 28.3 Å². The molecule has 1 heterocycles. The Bertz CT molecular complexity index is 1390. The van der Waals surface area contributed by atoms with Crippen LogP contribution in [0.5, 0.6) is 5.75 Å². The van der Waals surface area contributed by atoms with E-state index in [1.54, 1.807) is 37.3 Å². The van der Waals surface area contributed by atoms with Gasteiger partial charge in [0.25, 0.3) is 0 Å². The first-order valence-electron chi connectivity index (χ1n) is 12.0. The number of ether oxygens (including phenoxy) is 2. The van der Waals surface area contributed by atoms with E-state index in [9.17, 15) is 9.59 Å². The molecular formula is C29H30N2O5. The SMILES string of the molecule is Cc1c(-c2ccccc2)oc2ccc(OCCCCCCOC(=O)c3cc(N)cc(N)c3)cc2c1=O. The second-order valence-electron chi connectivity index (χ2n) is 8.70. The molecule has 4 rings (SSSR count). The van der Waals surface area contributed by atoms with Crippen LogP contribution >= 0.6 is 0 Å². The molecular weight excluding hydrogens is 456 g/mol. The summed E-state index contributed by atoms with van der Waals surface area (Å²) in [5.41, 5.74) is 14.6. The lowest BCUT2D eigenvalue weighted by molar-refractivity contribution is 0.0497. The number of esters is 1. The van der Waals surface area contributed by atoms with E-state index in [1.807, 2.05) is 36.4 Å². The third kappa shape index (κ3) is 6.05. The lowest BCUT2D eigenvalue weighted by Crippen LogP contribution is -2.08. The van der Waals surface area contributed by atoms with E-state index in [1.165, 1.54) is 0 Å². The van der Waals surface area contributed by atoms with Crippen molar-refractivity contribution in [2.75, 3.05) is 24.7 Å². The minimum atomic E-state index is -0.427. The summed E-state index contributed by atoms with van der Waals surface area (Å²) in [6.07, 6.45) is 3.43. The van der Waals surface area contributed by atoms with Crippen molar-refractivity contribution < 1.29 is 18.7 Å². The number of anilines is 2. The maximum absolute atomic E-state index is 13.0. The number of fused-ring (bicyclic) bond motifs is 1. The molecule has 0 unspecified atom stereocenters. The Hall–Kier alpha value is -4.26. The molecule has 0 amide bonds. The minimum absolute atomic E-state index is 0.0593. The lowest BCUT2D eigenvalue weighted by atomic mass is 10.1. The van der Waals surface area contributed by atoms with Crippen LogP contribution in [0.1, 0.15) is 41.6 Å². The first-order chi connectivity index (χ1) is 17.4. The number of rotatable bonds is 10. The van der Waals surface area contributed by atoms with Gasteiger partial charge in [0.15, 0.2) is 5.43 Å². The highest BCUT2D eigenvalue weighted by atomic mass is 16.5. The zero-order valence-electron chi connectivity index (χ0n) is 20.3. The van der Waals surface area contributed by atoms with Gasteiger partial charge in [-0.3, -0.25) is 4.79 Å². The fraction of sp³-hybridized carbons (Fsp3) is 0.241. The van der Waals surface area contributed by atoms with Crippen molar-refractivity contribution in [1.29, 1.82) is 0 Å². The van der Waals surface area contributed by atoms with Crippen LogP contribution in [0.3, 0.4) is 0 Å². The highest BCUT2D eigenvalue weighted by molar-refractivity contribution is 5.91. The van der Waals surface area contributed by atoms with E-state index in [0.29, 0.717) is 58.2 Å². The molecule has 36 heavy (non-hydrogen) atoms. The molecule has 0 fully saturated rings. The third-order valence-corrected chi connectivity index (χ3v) is 5.88. The van der Waals surface area contributed by atoms with Crippen molar-refractivity contribution in [3.05, 3.63) is 88.1 Å². The van der Waals surface area contributed by atoms with Gasteiger partial charge in [-0.05, 0) is 69.0 Å². The number of carbonyl (C=O) groups excluding carboxylic acids is 1. The van der Waals surface area contributed by atoms with E-state index < -0.39 is 5.97 Å². The van der Waals surface area contributed by atoms with E-state index in [2.05, 4.69) is 0 Å². The Morgan fingerprint density at radius 1 is 0.861 bits per heavy atom. The molecule has 4 aromatic rings. The molecule has 0 saturated carbocycles. The van der Waals surface area contributed by atoms with E-state index >= 15 is 0 Å². The lowest BCUT2D eigenvalue weighted by Gasteiger charge is -2.10. The van der Waals surface area contributed by atoms with E-state index in [0.717, 1.165) is 31.2 Å². The molecule has 7 heteroatoms. The number of benzene rings is 3. The number of hydrogen-bond donors (Lipinski definition) is 2. The van der Waals surface area contributed by atoms with Gasteiger partial charge in [-0.25, -0.2) is 4.79 Å². The molecule has 1 aromatic heterocycles. The average Bonchev–Trinajstić information content (AvgIpc) is 2.87. The van der Waals surface area contributed by atoms with Gasteiger partial charge in [0.2, 0.25) is 0 Å². The summed E-state index contributed by atoms with van der Waals surface area (Å²) in [5.74, 6) is 0.797. The van der Waals surface area contributed by atoms with Crippen LogP contribution in [0.25, 0.3) is 22.3 Å². The monoisotopic (exact) mass is 486 g/mol. The summed E-state index contributed by atoms with van der Waals surface area (Å²) in [4.78, 5) is 25.0. The first-order valence-corrected chi connectivity index (χ1v) is 12.0. The molecule has 7 nitrogen and oxygen atoms in total. The van der Waals surface area contributed by atoms with Gasteiger partial charge in [0.1, 0.15) is 17.1 Å². The second-order valence-corrected chi connectivity index (χ2v) is 8.70. The Labute approximate surface area is 209 Å². The van der Waals surface area contributed by atoms with Crippen LogP contribution in [0.15, 0.2) is 75.9 Å². The Kier molecular flexibility index (Phi) is 7.90. The fourth-order valence-electron chi connectivity index (χ4n) is 4.01. The third-order valence-electron chi connectivity index (χ3n) is 5.88. The molecule has 0 bridgehead atoms. The predicted molar refractivity (Wildman–Crippen MR) is 142 cm³/mol. The van der Waals surface area contributed by atoms with Crippen molar-refractivity contribution in [2.24, 2.45) is 0 Å². The smallest absolute Gasteiger partial charge is 0.338 e. The maximum atomic E-state index is 13.0. The second kappa shape index (κ2) is 11.4. The fourth-order valence-corrected chi connectivity index (χ4v) is 4.01. The Morgan fingerprint density at radius 3 is 2.28 bits per heavy atom. The van der Waals surface area contributed by atoms with Gasteiger partial charge in [0.05, 0.1) is 24.2 Å². The van der Waals surface area contributed by atoms with Crippen LogP contribution < -0.4 is 21.6 Å². The number of hydrogen-bond acceptors (Lipinski definition) is 7. The van der Waals surface area contributed by atoms with Crippen molar-refractivity contribution in [2.45, 2.75) is 32.6 Å². The summed E-state index contributed by atoms with van der Waals surface area (Å²) in [5, 5.41) is 0.508. The zero-order valence-corrected chi connectivity index (χ0v) is 20.3. The van der Waals surface area contributed by atoms with Crippen molar-refractivity contribution in [1.82, 2.24) is 0 Å². The summed E-state index contributed by atoms with van der Waals surface area (Å²) in [6.45, 7) is 2.64. The van der Waals surface area contributed by atoms with Gasteiger partial charge in [-0.1, -0.05) is 30.3 Å². The molecule has 3 aromatic carbocycles. The molecule has 4 N–H and O–H groups in total. The summed E-state index contributed by atoms with van der Waals surface area (Å²) in [7, 11) is 0. The Morgan fingerprint density at radius 2 is 1.56 bits per heavy atom. The van der Waals surface area contributed by atoms with Crippen LogP contribution in [0.4, 0.5) is 11.4 Å². The molecule has 0 atom stereocenters. The molecule has 0 aliphatic heterocycles. The topological polar surface area (TPSA) is 118 Å². The van der Waals surface area contributed by atoms with Gasteiger partial charge >= 0.3 is 5.97 Å². The van der Waals surface area contributed by atoms with E-state index in [-0.39, 0.29) is 5.43 Å². The van der Waals surface area contributed by atoms with Crippen molar-refractivity contribution in [3.8, 4) is 17.1 Å². The van der Waals surface area contributed by atoms with Gasteiger partial charge in [-0.2, -0.15) is 0 Å². The molecule has 0 aliphatic rings. The standard InChI is InChI=1S/C29H30N2O5/c1-19-27(32)25-18-24(11-12-26(25)36-28(19)20-9-5-4-6-10-20)34-13-7-2-3-8-14-35-29(33)21-15-22(30)17-23(31)16-21/h4-6,9-12,15-18H,2-3,7-8,13-14,30-31H2,1H3. The summed E-state index contributed by atoms with van der Waals surface area (Å²) >= 11 is 0. The molecule has 186 valence electrons. The minimum Gasteiger partial charge on any atom is -0.494 e. The quantitative estimate of drug-likeness (QED) is 0.167. The molecule has 0 spiro atoms. The van der Waals surface area contributed by atoms with Crippen molar-refractivity contribution in [3.63, 3.8) is 0 Å². The highest BCUT2D eigenvalue weighted by Gasteiger charge is 2.13. The zero-order chi connectivity index (χ0) is 25.5. The largest absolute Gasteiger partial charge is 0.494 e. The normalized spacial score (nSPS) is 10.9. The first kappa shape index (κ1) is 24.9. The number of nitrogens with two attached hydrogens (primary N) is 2. The van der Waals surface area contributed by atoms with Crippen LogP contribution in [-0.4, -0.2) is 19.2 Å². The molecule has 0 radical (unpaired) electrons. The number of nitrogen functional groups attached to an aromatic ring is 2. The molecule has 0 aliphatic carbocycles. The van der Waals surface area contributed by atoms with E-state index in [4.69, 9.17) is 25.4 Å². The van der Waals surface area contributed by atoms with Gasteiger partial charge < -0.3 is 25.4 Å². The average molecular weight is 487 g/mol. The number of unbranched alkanes of at least 4 members (excludes halogenated alkanes) is 3. The predicted octanol–water partition coefficient (Wildman–Crippen LogP) is 5.73. The van der Waals surface area contributed by atoms with Gasteiger partial charge in [0, 0.05) is 22.5 Å².